The molecule has 0 unspecified atom stereocenters. The smallest absolute Gasteiger partial charge is 0.162 e. The Balaban J connectivity index is 2.18. The molecule has 2 aromatic rings. The summed E-state index contributed by atoms with van der Waals surface area (Å²) < 4.78 is 0. The Morgan fingerprint density at radius 3 is 1.78 bits per heavy atom. The maximum Gasteiger partial charge on any atom is 0.162 e. The van der Waals surface area contributed by atoms with Crippen molar-refractivity contribution in [3.05, 3.63) is 60.7 Å². The first kappa shape index (κ1) is 13.4. The van der Waals surface area contributed by atoms with E-state index < -0.39 is 7.95 Å². The van der Waals surface area contributed by atoms with E-state index >= 15 is 0 Å². The Morgan fingerprint density at radius 1 is 0.833 bits per heavy atom. The van der Waals surface area contributed by atoms with Gasteiger partial charge in [0.2, 0.25) is 0 Å². The second kappa shape index (κ2) is 7.44. The van der Waals surface area contributed by atoms with E-state index in [0.29, 0.717) is 0 Å². The molecule has 0 aliphatic heterocycles. The van der Waals surface area contributed by atoms with Crippen LogP contribution in [0.15, 0.2) is 60.7 Å². The number of unbranched alkanes of at least 4 members (excludes halogenated alkanes) is 1. The van der Waals surface area contributed by atoms with Gasteiger partial charge in [-0.15, -0.1) is 0 Å². The summed E-state index contributed by atoms with van der Waals surface area (Å²) in [6.45, 7) is 2.27. The lowest BCUT2D eigenvalue weighted by Crippen LogP contribution is -2.39. The van der Waals surface area contributed by atoms with Crippen molar-refractivity contribution in [3.8, 4) is 0 Å². The van der Waals surface area contributed by atoms with Gasteiger partial charge < -0.3 is 0 Å². The van der Waals surface area contributed by atoms with Crippen molar-refractivity contribution in [2.45, 2.75) is 19.8 Å². The monoisotopic (exact) mass is 272 g/mol. The molecule has 0 aliphatic rings. The van der Waals surface area contributed by atoms with E-state index in [4.69, 9.17) is 0 Å². The van der Waals surface area contributed by atoms with E-state index in [1.54, 1.807) is 10.4 Å². The van der Waals surface area contributed by atoms with Crippen LogP contribution < -0.4 is 10.4 Å². The van der Waals surface area contributed by atoms with Crippen molar-refractivity contribution < 1.29 is 0 Å². The first-order valence-electron chi connectivity index (χ1n) is 6.63. The highest BCUT2D eigenvalue weighted by Crippen LogP contribution is 2.10. The van der Waals surface area contributed by atoms with Crippen molar-refractivity contribution in [1.29, 1.82) is 0 Å². The van der Waals surface area contributed by atoms with Crippen LogP contribution in [0, 0.1) is 0 Å². The molecule has 0 aliphatic carbocycles. The lowest BCUT2D eigenvalue weighted by molar-refractivity contribution is 0.898. The fraction of sp³-hybridized carbons (Fsp3) is 0.250. The van der Waals surface area contributed by atoms with Crippen LogP contribution in [-0.2, 0) is 0 Å². The van der Waals surface area contributed by atoms with Gasteiger partial charge in [-0.1, -0.05) is 74.0 Å². The topological polar surface area (TPSA) is 0 Å². The Morgan fingerprint density at radius 2 is 1.33 bits per heavy atom. The lowest BCUT2D eigenvalue weighted by atomic mass is 10.4. The molecule has 0 fully saturated rings. The standard InChI is InChI=1S/C16H20SSi/c1-2-3-14-17-18(15-10-6-4-7-11-15)16-12-8-5-9-13-16/h4-13,18H,2-3,14H2,1H3. The summed E-state index contributed by atoms with van der Waals surface area (Å²) in [5.74, 6) is 1.29. The van der Waals surface area contributed by atoms with Gasteiger partial charge >= 0.3 is 0 Å². The van der Waals surface area contributed by atoms with E-state index in [9.17, 15) is 0 Å². The van der Waals surface area contributed by atoms with E-state index in [0.717, 1.165) is 0 Å². The van der Waals surface area contributed by atoms with Crippen molar-refractivity contribution >= 4 is 29.5 Å². The second-order valence-electron chi connectivity index (χ2n) is 4.43. The molecule has 0 aromatic heterocycles. The quantitative estimate of drug-likeness (QED) is 0.575. The van der Waals surface area contributed by atoms with E-state index in [-0.39, 0.29) is 0 Å². The van der Waals surface area contributed by atoms with Gasteiger partial charge in [0, 0.05) is 0 Å². The Hall–Kier alpha value is -0.993. The molecule has 0 nitrogen and oxygen atoms in total. The van der Waals surface area contributed by atoms with Gasteiger partial charge in [-0.05, 0) is 22.5 Å². The van der Waals surface area contributed by atoms with Crippen LogP contribution in [0.2, 0.25) is 0 Å². The van der Waals surface area contributed by atoms with E-state index in [1.165, 1.54) is 18.6 Å². The van der Waals surface area contributed by atoms with Crippen LogP contribution in [0.4, 0.5) is 0 Å². The summed E-state index contributed by atoms with van der Waals surface area (Å²) in [5, 5.41) is 3.09. The van der Waals surface area contributed by atoms with Gasteiger partial charge in [0.1, 0.15) is 0 Å². The highest BCUT2D eigenvalue weighted by molar-refractivity contribution is 8.28. The normalized spacial score (nSPS) is 10.8. The predicted octanol–water partition coefficient (Wildman–Crippen LogP) is 3.06. The van der Waals surface area contributed by atoms with Crippen LogP contribution in [0.25, 0.3) is 0 Å². The molecule has 2 aromatic carbocycles. The first-order chi connectivity index (χ1) is 8.92. The molecule has 2 rings (SSSR count). The molecule has 0 amide bonds. The summed E-state index contributed by atoms with van der Waals surface area (Å²) in [7, 11) is -1.07. The molecule has 18 heavy (non-hydrogen) atoms. The fourth-order valence-electron chi connectivity index (χ4n) is 1.99. The number of rotatable bonds is 6. The van der Waals surface area contributed by atoms with Crippen molar-refractivity contribution in [2.75, 3.05) is 5.75 Å². The molecule has 0 atom stereocenters. The minimum Gasteiger partial charge on any atom is -0.178 e. The third-order valence-electron chi connectivity index (χ3n) is 2.99. The molecule has 94 valence electrons. The zero-order valence-electron chi connectivity index (χ0n) is 10.9. The number of hydrogen-bond acceptors (Lipinski definition) is 1. The molecular formula is C16H20SSi. The second-order valence-corrected chi connectivity index (χ2v) is 9.67. The number of hydrogen-bond donors (Lipinski definition) is 0. The van der Waals surface area contributed by atoms with E-state index in [1.807, 2.05) is 0 Å². The summed E-state index contributed by atoms with van der Waals surface area (Å²) in [6.07, 6.45) is 2.62. The zero-order chi connectivity index (χ0) is 12.6. The summed E-state index contributed by atoms with van der Waals surface area (Å²) in [4.78, 5) is 0. The van der Waals surface area contributed by atoms with Gasteiger partial charge in [0.25, 0.3) is 0 Å². The molecule has 0 saturated heterocycles. The zero-order valence-corrected chi connectivity index (χ0v) is 12.9. The van der Waals surface area contributed by atoms with Gasteiger partial charge in [-0.3, -0.25) is 0 Å². The molecule has 0 radical (unpaired) electrons. The number of benzene rings is 2. The van der Waals surface area contributed by atoms with Crippen LogP contribution in [-0.4, -0.2) is 13.7 Å². The molecule has 0 saturated carbocycles. The van der Waals surface area contributed by atoms with Gasteiger partial charge in [-0.2, -0.15) is 11.2 Å². The molecule has 0 heterocycles. The van der Waals surface area contributed by atoms with Crippen molar-refractivity contribution in [1.82, 2.24) is 0 Å². The van der Waals surface area contributed by atoms with Crippen LogP contribution in [0.3, 0.4) is 0 Å². The molecular weight excluding hydrogens is 252 g/mol. The SMILES string of the molecule is CCCCS[SiH](c1ccccc1)c1ccccc1. The average molecular weight is 272 g/mol. The highest BCUT2D eigenvalue weighted by Gasteiger charge is 2.15. The molecule has 0 N–H and O–H groups in total. The van der Waals surface area contributed by atoms with Crippen LogP contribution >= 0.6 is 11.2 Å². The maximum atomic E-state index is 2.29. The average Bonchev–Trinajstić information content (AvgIpc) is 2.46. The molecule has 0 spiro atoms. The molecule has 0 bridgehead atoms. The van der Waals surface area contributed by atoms with Gasteiger partial charge in [0.15, 0.2) is 7.95 Å². The van der Waals surface area contributed by atoms with Gasteiger partial charge in [-0.25, -0.2) is 0 Å². The highest BCUT2D eigenvalue weighted by atomic mass is 32.4. The minimum atomic E-state index is -1.07. The Kier molecular flexibility index (Phi) is 5.56. The van der Waals surface area contributed by atoms with Crippen LogP contribution in [0.1, 0.15) is 19.8 Å². The van der Waals surface area contributed by atoms with Crippen molar-refractivity contribution in [2.24, 2.45) is 0 Å². The third-order valence-corrected chi connectivity index (χ3v) is 9.17. The maximum absolute atomic E-state index is 2.29. The van der Waals surface area contributed by atoms with Gasteiger partial charge in [0.05, 0.1) is 0 Å². The summed E-state index contributed by atoms with van der Waals surface area (Å²) >= 11 is 2.19. The summed E-state index contributed by atoms with van der Waals surface area (Å²) in [5.41, 5.74) is 0. The predicted molar refractivity (Wildman–Crippen MR) is 86.7 cm³/mol. The largest absolute Gasteiger partial charge is 0.178 e. The van der Waals surface area contributed by atoms with Crippen LogP contribution in [0.5, 0.6) is 0 Å². The summed E-state index contributed by atoms with van der Waals surface area (Å²) in [6, 6.07) is 22.1. The third kappa shape index (κ3) is 3.75. The molecule has 2 heteroatoms. The first-order valence-corrected chi connectivity index (χ1v) is 10.2. The lowest BCUT2D eigenvalue weighted by Gasteiger charge is -2.15. The minimum absolute atomic E-state index is 1.07. The Labute approximate surface area is 116 Å². The fourth-order valence-corrected chi connectivity index (χ4v) is 7.90. The van der Waals surface area contributed by atoms with E-state index in [2.05, 4.69) is 78.8 Å². The van der Waals surface area contributed by atoms with Crippen molar-refractivity contribution in [3.63, 3.8) is 0 Å². The Bertz CT molecular complexity index is 402.